The Hall–Kier alpha value is -2.05. The maximum absolute atomic E-state index is 12.4. The number of aryl methyl sites for hydroxylation is 1. The molecule has 0 saturated heterocycles. The molecule has 0 atom stereocenters. The van der Waals surface area contributed by atoms with Crippen LogP contribution >= 0.6 is 22.9 Å². The van der Waals surface area contributed by atoms with Crippen molar-refractivity contribution in [2.24, 2.45) is 0 Å². The van der Waals surface area contributed by atoms with Gasteiger partial charge in [-0.1, -0.05) is 24.6 Å². The monoisotopic (exact) mass is 380 g/mol. The van der Waals surface area contributed by atoms with Gasteiger partial charge in [-0.3, -0.25) is 5.32 Å². The highest BCUT2D eigenvalue weighted by Crippen LogP contribution is 2.34. The zero-order valence-electron chi connectivity index (χ0n) is 14.6. The number of thiophene rings is 1. The summed E-state index contributed by atoms with van der Waals surface area (Å²) >= 11 is 7.28. The van der Waals surface area contributed by atoms with Gasteiger partial charge in [0, 0.05) is 15.6 Å². The van der Waals surface area contributed by atoms with Crippen LogP contribution in [-0.2, 0) is 11.2 Å². The van der Waals surface area contributed by atoms with Crippen LogP contribution in [-0.4, -0.2) is 18.1 Å². The number of carbonyl (C=O) groups excluding carboxylic acids is 2. The lowest BCUT2D eigenvalue weighted by atomic mass is 10.1. The van der Waals surface area contributed by atoms with E-state index in [0.29, 0.717) is 27.7 Å². The SMILES string of the molecule is CCc1c(C)sc(NC(=O)Nc2cccc(Cl)c2)c1C(=O)OC(C)C. The summed E-state index contributed by atoms with van der Waals surface area (Å²) in [6.07, 6.45) is 0.452. The fraction of sp³-hybridized carbons (Fsp3) is 0.333. The second-order valence-corrected chi connectivity index (χ2v) is 7.40. The number of hydrogen-bond acceptors (Lipinski definition) is 4. The van der Waals surface area contributed by atoms with Gasteiger partial charge in [-0.15, -0.1) is 11.3 Å². The lowest BCUT2D eigenvalue weighted by Crippen LogP contribution is -2.21. The van der Waals surface area contributed by atoms with E-state index in [2.05, 4.69) is 10.6 Å². The van der Waals surface area contributed by atoms with Crippen LogP contribution in [0.15, 0.2) is 24.3 Å². The summed E-state index contributed by atoms with van der Waals surface area (Å²) in [6, 6.07) is 6.40. The molecule has 0 bridgehead atoms. The third-order valence-electron chi connectivity index (χ3n) is 3.42. The lowest BCUT2D eigenvalue weighted by Gasteiger charge is -2.11. The van der Waals surface area contributed by atoms with Crippen molar-refractivity contribution in [2.75, 3.05) is 10.6 Å². The second kappa shape index (κ2) is 8.36. The highest BCUT2D eigenvalue weighted by atomic mass is 35.5. The van der Waals surface area contributed by atoms with Crippen LogP contribution in [0.4, 0.5) is 15.5 Å². The lowest BCUT2D eigenvalue weighted by molar-refractivity contribution is 0.0378. The molecule has 0 aliphatic rings. The van der Waals surface area contributed by atoms with Crippen molar-refractivity contribution in [3.8, 4) is 0 Å². The molecule has 2 N–H and O–H groups in total. The molecule has 0 radical (unpaired) electrons. The van der Waals surface area contributed by atoms with E-state index >= 15 is 0 Å². The van der Waals surface area contributed by atoms with Crippen LogP contribution < -0.4 is 10.6 Å². The third-order valence-corrected chi connectivity index (χ3v) is 4.72. The number of anilines is 2. The molecule has 0 spiro atoms. The average Bonchev–Trinajstić information content (AvgIpc) is 2.81. The molecule has 1 aromatic heterocycles. The van der Waals surface area contributed by atoms with E-state index in [4.69, 9.17) is 16.3 Å². The van der Waals surface area contributed by atoms with Gasteiger partial charge >= 0.3 is 12.0 Å². The topological polar surface area (TPSA) is 67.4 Å². The van der Waals surface area contributed by atoms with Crippen molar-refractivity contribution in [3.05, 3.63) is 45.3 Å². The van der Waals surface area contributed by atoms with Crippen LogP contribution in [0.5, 0.6) is 0 Å². The first-order valence-electron chi connectivity index (χ1n) is 7.98. The smallest absolute Gasteiger partial charge is 0.341 e. The van der Waals surface area contributed by atoms with Gasteiger partial charge in [0.25, 0.3) is 0 Å². The molecule has 25 heavy (non-hydrogen) atoms. The predicted octanol–water partition coefficient (Wildman–Crippen LogP) is 5.48. The minimum absolute atomic E-state index is 0.231. The van der Waals surface area contributed by atoms with Gasteiger partial charge in [0.05, 0.1) is 11.7 Å². The van der Waals surface area contributed by atoms with E-state index in [0.717, 1.165) is 10.4 Å². The molecule has 5 nitrogen and oxygen atoms in total. The van der Waals surface area contributed by atoms with Crippen molar-refractivity contribution in [2.45, 2.75) is 40.2 Å². The van der Waals surface area contributed by atoms with Crippen LogP contribution in [0.3, 0.4) is 0 Å². The van der Waals surface area contributed by atoms with E-state index < -0.39 is 12.0 Å². The Balaban J connectivity index is 2.23. The van der Waals surface area contributed by atoms with Crippen molar-refractivity contribution in [3.63, 3.8) is 0 Å². The summed E-state index contributed by atoms with van der Waals surface area (Å²) in [5.74, 6) is -0.422. The van der Waals surface area contributed by atoms with Crippen molar-refractivity contribution >= 4 is 45.6 Å². The molecular formula is C18H21ClN2O3S. The van der Waals surface area contributed by atoms with Gasteiger partial charge < -0.3 is 10.1 Å². The minimum Gasteiger partial charge on any atom is -0.459 e. The van der Waals surface area contributed by atoms with E-state index in [1.54, 1.807) is 38.1 Å². The molecule has 2 amide bonds. The molecule has 0 aliphatic heterocycles. The van der Waals surface area contributed by atoms with Crippen LogP contribution in [0.25, 0.3) is 0 Å². The first-order valence-corrected chi connectivity index (χ1v) is 9.18. The summed E-state index contributed by atoms with van der Waals surface area (Å²) in [6.45, 7) is 7.48. The van der Waals surface area contributed by atoms with E-state index in [-0.39, 0.29) is 6.10 Å². The number of ether oxygens (including phenoxy) is 1. The number of amides is 2. The fourth-order valence-electron chi connectivity index (χ4n) is 2.41. The Bertz CT molecular complexity index is 787. The summed E-state index contributed by atoms with van der Waals surface area (Å²) in [7, 11) is 0. The van der Waals surface area contributed by atoms with Gasteiger partial charge in [-0.25, -0.2) is 9.59 Å². The van der Waals surface area contributed by atoms with Crippen LogP contribution in [0, 0.1) is 6.92 Å². The largest absolute Gasteiger partial charge is 0.459 e. The number of benzene rings is 1. The Kier molecular flexibility index (Phi) is 6.45. The number of carbonyl (C=O) groups is 2. The average molecular weight is 381 g/mol. The molecule has 2 rings (SSSR count). The van der Waals surface area contributed by atoms with Crippen molar-refractivity contribution in [1.29, 1.82) is 0 Å². The first-order chi connectivity index (χ1) is 11.8. The van der Waals surface area contributed by atoms with Crippen LogP contribution in [0.1, 0.15) is 41.6 Å². The molecule has 7 heteroatoms. The number of urea groups is 1. The third kappa shape index (κ3) is 4.96. The van der Waals surface area contributed by atoms with E-state index in [1.165, 1.54) is 11.3 Å². The number of hydrogen-bond donors (Lipinski definition) is 2. The number of rotatable bonds is 5. The molecule has 0 unspecified atom stereocenters. The molecule has 1 aromatic carbocycles. The van der Waals surface area contributed by atoms with E-state index in [1.807, 2.05) is 13.8 Å². The fourth-order valence-corrected chi connectivity index (χ4v) is 3.73. The summed E-state index contributed by atoms with van der Waals surface area (Å²) < 4.78 is 5.33. The second-order valence-electron chi connectivity index (χ2n) is 5.74. The van der Waals surface area contributed by atoms with E-state index in [9.17, 15) is 9.59 Å². The molecule has 2 aromatic rings. The van der Waals surface area contributed by atoms with Crippen LogP contribution in [0.2, 0.25) is 5.02 Å². The number of nitrogens with one attached hydrogen (secondary N) is 2. The molecule has 0 fully saturated rings. The Morgan fingerprint density at radius 1 is 1.28 bits per heavy atom. The first kappa shape index (κ1) is 19.3. The van der Waals surface area contributed by atoms with Gasteiger partial charge in [0.15, 0.2) is 0 Å². The Morgan fingerprint density at radius 2 is 2.00 bits per heavy atom. The Labute approximate surface area is 156 Å². The number of esters is 1. The zero-order chi connectivity index (χ0) is 18.6. The summed E-state index contributed by atoms with van der Waals surface area (Å²) in [4.78, 5) is 25.7. The molecular weight excluding hydrogens is 360 g/mol. The highest BCUT2D eigenvalue weighted by molar-refractivity contribution is 7.16. The van der Waals surface area contributed by atoms with Gasteiger partial charge in [-0.2, -0.15) is 0 Å². The minimum atomic E-state index is -0.440. The standard InChI is InChI=1S/C18H21ClN2O3S/c1-5-14-11(4)25-16(15(14)17(22)24-10(2)3)21-18(23)20-13-8-6-7-12(19)9-13/h6-10H,5H2,1-4H3,(H2,20,21,23). The predicted molar refractivity (Wildman–Crippen MR) is 103 cm³/mol. The summed E-state index contributed by atoms with van der Waals surface area (Å²) in [5, 5.41) is 6.47. The van der Waals surface area contributed by atoms with Gasteiger partial charge in [0.1, 0.15) is 5.00 Å². The van der Waals surface area contributed by atoms with Crippen molar-refractivity contribution < 1.29 is 14.3 Å². The zero-order valence-corrected chi connectivity index (χ0v) is 16.2. The maximum Gasteiger partial charge on any atom is 0.341 e. The van der Waals surface area contributed by atoms with Gasteiger partial charge in [0.2, 0.25) is 0 Å². The maximum atomic E-state index is 12.4. The number of halogens is 1. The Morgan fingerprint density at radius 3 is 2.60 bits per heavy atom. The highest BCUT2D eigenvalue weighted by Gasteiger charge is 2.24. The normalized spacial score (nSPS) is 10.6. The molecule has 1 heterocycles. The van der Waals surface area contributed by atoms with Crippen molar-refractivity contribution in [1.82, 2.24) is 0 Å². The summed E-state index contributed by atoms with van der Waals surface area (Å²) in [5.41, 5.74) is 1.90. The molecule has 0 aliphatic carbocycles. The molecule has 134 valence electrons. The quantitative estimate of drug-likeness (QED) is 0.674. The van der Waals surface area contributed by atoms with Gasteiger partial charge in [-0.05, 0) is 51.0 Å². The molecule has 0 saturated carbocycles.